The summed E-state index contributed by atoms with van der Waals surface area (Å²) < 4.78 is 0. The second-order valence-corrected chi connectivity index (χ2v) is 4.12. The van der Waals surface area contributed by atoms with Gasteiger partial charge in [0, 0.05) is 12.5 Å². The maximum absolute atomic E-state index is 11.6. The standard InChI is InChI=1S/C13H18N2O3/c1-2-10(14)8-11(16)15-12(13(17)18)9-6-4-3-5-7-9/h3-7,10,12H,2,8,14H2,1H3,(H,15,16)(H,17,18). The first-order chi connectivity index (χ1) is 8.54. The highest BCUT2D eigenvalue weighted by molar-refractivity contribution is 5.84. The molecule has 2 unspecified atom stereocenters. The SMILES string of the molecule is CCC(N)CC(=O)NC(C(=O)O)c1ccccc1. The fourth-order valence-corrected chi connectivity index (χ4v) is 1.54. The van der Waals surface area contributed by atoms with Gasteiger partial charge in [0.2, 0.25) is 5.91 Å². The van der Waals surface area contributed by atoms with Crippen LogP contribution in [0.15, 0.2) is 30.3 Å². The van der Waals surface area contributed by atoms with Gasteiger partial charge in [-0.25, -0.2) is 4.79 Å². The van der Waals surface area contributed by atoms with Crippen molar-refractivity contribution in [3.05, 3.63) is 35.9 Å². The Morgan fingerprint density at radius 1 is 1.33 bits per heavy atom. The van der Waals surface area contributed by atoms with Gasteiger partial charge in [-0.1, -0.05) is 37.3 Å². The molecule has 1 rings (SSSR count). The van der Waals surface area contributed by atoms with E-state index in [4.69, 9.17) is 10.8 Å². The molecule has 5 heteroatoms. The van der Waals surface area contributed by atoms with Crippen molar-refractivity contribution < 1.29 is 14.7 Å². The molecule has 18 heavy (non-hydrogen) atoms. The Balaban J connectivity index is 2.71. The number of carbonyl (C=O) groups is 2. The van der Waals surface area contributed by atoms with E-state index >= 15 is 0 Å². The Bertz CT molecular complexity index is 406. The number of hydrogen-bond donors (Lipinski definition) is 3. The minimum Gasteiger partial charge on any atom is -0.479 e. The van der Waals surface area contributed by atoms with Crippen molar-refractivity contribution in [2.75, 3.05) is 0 Å². The molecule has 2 atom stereocenters. The molecular weight excluding hydrogens is 232 g/mol. The zero-order chi connectivity index (χ0) is 13.5. The first-order valence-electron chi connectivity index (χ1n) is 5.87. The van der Waals surface area contributed by atoms with E-state index in [1.54, 1.807) is 30.3 Å². The second kappa shape index (κ2) is 6.76. The summed E-state index contributed by atoms with van der Waals surface area (Å²) in [7, 11) is 0. The Morgan fingerprint density at radius 2 is 1.94 bits per heavy atom. The fraction of sp³-hybridized carbons (Fsp3) is 0.385. The molecular formula is C13H18N2O3. The highest BCUT2D eigenvalue weighted by Gasteiger charge is 2.22. The van der Waals surface area contributed by atoms with Crippen molar-refractivity contribution >= 4 is 11.9 Å². The molecule has 0 aromatic heterocycles. The molecule has 1 aromatic carbocycles. The lowest BCUT2D eigenvalue weighted by Gasteiger charge is -2.16. The van der Waals surface area contributed by atoms with Crippen LogP contribution in [0.3, 0.4) is 0 Å². The van der Waals surface area contributed by atoms with Crippen molar-refractivity contribution in [3.63, 3.8) is 0 Å². The third-order valence-corrected chi connectivity index (χ3v) is 2.66. The number of nitrogens with two attached hydrogens (primary N) is 1. The van der Waals surface area contributed by atoms with E-state index in [-0.39, 0.29) is 18.4 Å². The molecule has 4 N–H and O–H groups in total. The van der Waals surface area contributed by atoms with Gasteiger partial charge < -0.3 is 16.2 Å². The fourth-order valence-electron chi connectivity index (χ4n) is 1.54. The van der Waals surface area contributed by atoms with E-state index in [1.807, 2.05) is 6.92 Å². The van der Waals surface area contributed by atoms with Crippen LogP contribution in [0.5, 0.6) is 0 Å². The minimum absolute atomic E-state index is 0.132. The summed E-state index contributed by atoms with van der Waals surface area (Å²) in [4.78, 5) is 22.8. The highest BCUT2D eigenvalue weighted by Crippen LogP contribution is 2.13. The average Bonchev–Trinajstić information content (AvgIpc) is 2.36. The first-order valence-corrected chi connectivity index (χ1v) is 5.87. The predicted molar refractivity (Wildman–Crippen MR) is 67.8 cm³/mol. The molecule has 0 saturated carbocycles. The van der Waals surface area contributed by atoms with Crippen LogP contribution in [-0.4, -0.2) is 23.0 Å². The Morgan fingerprint density at radius 3 is 2.44 bits per heavy atom. The average molecular weight is 250 g/mol. The number of carboxylic acids is 1. The van der Waals surface area contributed by atoms with Crippen molar-refractivity contribution in [2.45, 2.75) is 31.8 Å². The Kier molecular flexibility index (Phi) is 5.32. The third-order valence-electron chi connectivity index (χ3n) is 2.66. The molecule has 1 aromatic rings. The van der Waals surface area contributed by atoms with Gasteiger partial charge >= 0.3 is 5.97 Å². The molecule has 1 amide bonds. The topological polar surface area (TPSA) is 92.4 Å². The van der Waals surface area contributed by atoms with Crippen molar-refractivity contribution in [1.29, 1.82) is 0 Å². The molecule has 0 aliphatic carbocycles. The maximum atomic E-state index is 11.6. The highest BCUT2D eigenvalue weighted by atomic mass is 16.4. The smallest absolute Gasteiger partial charge is 0.330 e. The number of aliphatic carboxylic acids is 1. The van der Waals surface area contributed by atoms with Gasteiger partial charge in [0.25, 0.3) is 0 Å². The molecule has 0 aliphatic heterocycles. The molecule has 5 nitrogen and oxygen atoms in total. The van der Waals surface area contributed by atoms with Gasteiger partial charge in [0.1, 0.15) is 0 Å². The van der Waals surface area contributed by atoms with Gasteiger partial charge in [0.15, 0.2) is 6.04 Å². The van der Waals surface area contributed by atoms with Crippen LogP contribution in [0.2, 0.25) is 0 Å². The van der Waals surface area contributed by atoms with E-state index in [1.165, 1.54) is 0 Å². The summed E-state index contributed by atoms with van der Waals surface area (Å²) in [6.07, 6.45) is 0.809. The third kappa shape index (κ3) is 4.18. The number of benzene rings is 1. The quantitative estimate of drug-likeness (QED) is 0.703. The minimum atomic E-state index is -1.08. The van der Waals surface area contributed by atoms with Crippen molar-refractivity contribution in [3.8, 4) is 0 Å². The Labute approximate surface area is 106 Å². The van der Waals surface area contributed by atoms with Gasteiger partial charge in [-0.2, -0.15) is 0 Å². The molecule has 0 spiro atoms. The van der Waals surface area contributed by atoms with Crippen LogP contribution in [-0.2, 0) is 9.59 Å². The van der Waals surface area contributed by atoms with Crippen molar-refractivity contribution in [1.82, 2.24) is 5.32 Å². The lowest BCUT2D eigenvalue weighted by atomic mass is 10.1. The molecule has 98 valence electrons. The molecule has 0 saturated heterocycles. The number of carboxylic acid groups (broad SMARTS) is 1. The van der Waals surface area contributed by atoms with Gasteiger partial charge in [-0.05, 0) is 12.0 Å². The van der Waals surface area contributed by atoms with E-state index in [0.717, 1.165) is 0 Å². The van der Waals surface area contributed by atoms with Crippen LogP contribution < -0.4 is 11.1 Å². The first kappa shape index (κ1) is 14.2. The summed E-state index contributed by atoms with van der Waals surface area (Å²) in [6.45, 7) is 1.88. The van der Waals surface area contributed by atoms with Gasteiger partial charge in [0.05, 0.1) is 0 Å². The number of carbonyl (C=O) groups excluding carboxylic acids is 1. The lowest BCUT2D eigenvalue weighted by molar-refractivity contribution is -0.142. The Hall–Kier alpha value is -1.88. The number of hydrogen-bond acceptors (Lipinski definition) is 3. The van der Waals surface area contributed by atoms with Gasteiger partial charge in [-0.3, -0.25) is 4.79 Å². The zero-order valence-electron chi connectivity index (χ0n) is 10.3. The zero-order valence-corrected chi connectivity index (χ0v) is 10.3. The van der Waals surface area contributed by atoms with E-state index in [9.17, 15) is 9.59 Å². The predicted octanol–water partition coefficient (Wildman–Crippen LogP) is 1.06. The summed E-state index contributed by atoms with van der Waals surface area (Å²) in [5, 5.41) is 11.6. The summed E-state index contributed by atoms with van der Waals surface area (Å²) in [6, 6.07) is 7.32. The van der Waals surface area contributed by atoms with Gasteiger partial charge in [-0.15, -0.1) is 0 Å². The molecule has 0 fully saturated rings. The van der Waals surface area contributed by atoms with Crippen LogP contribution in [0.4, 0.5) is 0 Å². The normalized spacial score (nSPS) is 13.7. The van der Waals surface area contributed by atoms with Crippen LogP contribution >= 0.6 is 0 Å². The lowest BCUT2D eigenvalue weighted by Crippen LogP contribution is -2.37. The molecule has 0 heterocycles. The number of rotatable bonds is 6. The number of nitrogens with one attached hydrogen (secondary N) is 1. The van der Waals surface area contributed by atoms with E-state index in [2.05, 4.69) is 5.32 Å². The monoisotopic (exact) mass is 250 g/mol. The summed E-state index contributed by atoms with van der Waals surface area (Å²) >= 11 is 0. The maximum Gasteiger partial charge on any atom is 0.330 e. The molecule has 0 aliphatic rings. The van der Waals surface area contributed by atoms with Crippen LogP contribution in [0.1, 0.15) is 31.4 Å². The van der Waals surface area contributed by atoms with Crippen LogP contribution in [0.25, 0.3) is 0 Å². The molecule has 0 radical (unpaired) electrons. The van der Waals surface area contributed by atoms with Crippen LogP contribution in [0, 0.1) is 0 Å². The largest absolute Gasteiger partial charge is 0.479 e. The summed E-state index contributed by atoms with van der Waals surface area (Å²) in [5.74, 6) is -1.43. The van der Waals surface area contributed by atoms with E-state index in [0.29, 0.717) is 12.0 Å². The summed E-state index contributed by atoms with van der Waals surface area (Å²) in [5.41, 5.74) is 6.20. The molecule has 0 bridgehead atoms. The second-order valence-electron chi connectivity index (χ2n) is 4.12. The van der Waals surface area contributed by atoms with Crippen molar-refractivity contribution in [2.24, 2.45) is 5.73 Å². The van der Waals surface area contributed by atoms with E-state index < -0.39 is 12.0 Å². The number of amides is 1.